The summed E-state index contributed by atoms with van der Waals surface area (Å²) in [6.45, 7) is 5.97. The lowest BCUT2D eigenvalue weighted by Gasteiger charge is -2.24. The van der Waals surface area contributed by atoms with Crippen LogP contribution >= 0.6 is 11.3 Å². The number of aryl methyl sites for hydroxylation is 1. The number of hydrogen-bond acceptors (Lipinski definition) is 4. The molecule has 0 spiro atoms. The van der Waals surface area contributed by atoms with Crippen LogP contribution in [0.15, 0.2) is 30.5 Å². The Morgan fingerprint density at radius 1 is 1.33 bits per heavy atom. The zero-order valence-corrected chi connectivity index (χ0v) is 14.7. The van der Waals surface area contributed by atoms with Crippen LogP contribution < -0.4 is 5.32 Å². The Morgan fingerprint density at radius 2 is 2.04 bits per heavy atom. The van der Waals surface area contributed by atoms with Gasteiger partial charge in [0.1, 0.15) is 12.4 Å². The molecule has 0 bridgehead atoms. The van der Waals surface area contributed by atoms with Crippen molar-refractivity contribution in [2.75, 3.05) is 18.4 Å². The number of carbonyl (C=O) groups is 2. The molecule has 0 atom stereocenters. The highest BCUT2D eigenvalue weighted by atomic mass is 32.1. The van der Waals surface area contributed by atoms with Crippen molar-refractivity contribution in [2.45, 2.75) is 20.8 Å². The maximum absolute atomic E-state index is 13.9. The number of aromatic nitrogens is 1. The first-order chi connectivity index (χ1) is 11.4. The summed E-state index contributed by atoms with van der Waals surface area (Å²) in [7, 11) is 0. The third-order valence-corrected chi connectivity index (χ3v) is 4.01. The van der Waals surface area contributed by atoms with Crippen molar-refractivity contribution < 1.29 is 14.0 Å². The molecule has 2 amide bonds. The van der Waals surface area contributed by atoms with Crippen molar-refractivity contribution in [3.63, 3.8) is 0 Å². The van der Waals surface area contributed by atoms with E-state index in [9.17, 15) is 14.0 Å². The number of nitrogens with one attached hydrogen (secondary N) is 1. The first kappa shape index (κ1) is 18.1. The van der Waals surface area contributed by atoms with E-state index in [1.807, 2.05) is 20.8 Å². The standard InChI is InChI=1S/C17H20FN3O2S/c1-11(2)9-21(16(23)13-6-4-5-7-14(13)18)10-15(22)20-17-19-8-12(3)24-17/h4-8,11H,9-10H2,1-3H3,(H,19,20,22). The van der Waals surface area contributed by atoms with Crippen LogP contribution in [0.4, 0.5) is 9.52 Å². The van der Waals surface area contributed by atoms with E-state index in [0.29, 0.717) is 11.7 Å². The minimum absolute atomic E-state index is 0.0314. The van der Waals surface area contributed by atoms with Gasteiger partial charge in [-0.05, 0) is 25.0 Å². The van der Waals surface area contributed by atoms with E-state index in [2.05, 4.69) is 10.3 Å². The summed E-state index contributed by atoms with van der Waals surface area (Å²) >= 11 is 1.36. The average Bonchev–Trinajstić information content (AvgIpc) is 2.91. The number of rotatable bonds is 6. The van der Waals surface area contributed by atoms with E-state index < -0.39 is 11.7 Å². The topological polar surface area (TPSA) is 62.3 Å². The highest BCUT2D eigenvalue weighted by Crippen LogP contribution is 2.17. The quantitative estimate of drug-likeness (QED) is 0.870. The molecule has 0 aliphatic carbocycles. The van der Waals surface area contributed by atoms with Crippen molar-refractivity contribution in [1.82, 2.24) is 9.88 Å². The molecule has 0 saturated carbocycles. The lowest BCUT2D eigenvalue weighted by Crippen LogP contribution is -2.40. The Kier molecular flexibility index (Phi) is 6.03. The highest BCUT2D eigenvalue weighted by Gasteiger charge is 2.22. The Bertz CT molecular complexity index is 730. The number of hydrogen-bond donors (Lipinski definition) is 1. The zero-order chi connectivity index (χ0) is 17.7. The normalized spacial score (nSPS) is 10.7. The highest BCUT2D eigenvalue weighted by molar-refractivity contribution is 7.15. The Morgan fingerprint density at radius 3 is 2.62 bits per heavy atom. The summed E-state index contributed by atoms with van der Waals surface area (Å²) in [6, 6.07) is 5.78. The van der Waals surface area contributed by atoms with Gasteiger partial charge >= 0.3 is 0 Å². The van der Waals surface area contributed by atoms with Crippen molar-refractivity contribution >= 4 is 28.3 Å². The number of nitrogens with zero attached hydrogens (tertiary/aromatic N) is 2. The van der Waals surface area contributed by atoms with E-state index in [0.717, 1.165) is 4.88 Å². The molecule has 1 aromatic carbocycles. The number of thiazole rings is 1. The third kappa shape index (κ3) is 4.86. The monoisotopic (exact) mass is 349 g/mol. The Labute approximate surface area is 144 Å². The molecule has 0 unspecified atom stereocenters. The Hall–Kier alpha value is -2.28. The van der Waals surface area contributed by atoms with Crippen LogP contribution in [0.5, 0.6) is 0 Å². The molecular weight excluding hydrogens is 329 g/mol. The molecule has 2 aromatic rings. The average molecular weight is 349 g/mol. The van der Waals surface area contributed by atoms with E-state index in [1.54, 1.807) is 12.3 Å². The summed E-state index contributed by atoms with van der Waals surface area (Å²) in [5.74, 6) is -1.29. The maximum atomic E-state index is 13.9. The van der Waals surface area contributed by atoms with E-state index in [4.69, 9.17) is 0 Å². The molecule has 1 N–H and O–H groups in total. The van der Waals surface area contributed by atoms with Crippen LogP contribution in [0.25, 0.3) is 0 Å². The van der Waals surface area contributed by atoms with Gasteiger partial charge in [-0.15, -0.1) is 11.3 Å². The van der Waals surface area contributed by atoms with Gasteiger partial charge in [-0.1, -0.05) is 26.0 Å². The van der Waals surface area contributed by atoms with E-state index in [-0.39, 0.29) is 23.9 Å². The zero-order valence-electron chi connectivity index (χ0n) is 13.9. The van der Waals surface area contributed by atoms with Gasteiger partial charge in [-0.25, -0.2) is 9.37 Å². The number of carbonyl (C=O) groups excluding carboxylic acids is 2. The van der Waals surface area contributed by atoms with E-state index >= 15 is 0 Å². The largest absolute Gasteiger partial charge is 0.329 e. The molecule has 0 fully saturated rings. The maximum Gasteiger partial charge on any atom is 0.257 e. The SMILES string of the molecule is Cc1cnc(NC(=O)CN(CC(C)C)C(=O)c2ccccc2F)s1. The molecule has 7 heteroatoms. The molecule has 0 radical (unpaired) electrons. The van der Waals surface area contributed by atoms with Gasteiger partial charge in [-0.2, -0.15) is 0 Å². The number of amides is 2. The fourth-order valence-electron chi connectivity index (χ4n) is 2.21. The van der Waals surface area contributed by atoms with Gasteiger partial charge in [0, 0.05) is 17.6 Å². The molecular formula is C17H20FN3O2S. The molecule has 2 rings (SSSR count). The Balaban J connectivity index is 2.11. The first-order valence-corrected chi connectivity index (χ1v) is 8.44. The molecule has 24 heavy (non-hydrogen) atoms. The number of benzene rings is 1. The van der Waals surface area contributed by atoms with E-state index in [1.165, 1.54) is 34.4 Å². The van der Waals surface area contributed by atoms with Gasteiger partial charge < -0.3 is 10.2 Å². The first-order valence-electron chi connectivity index (χ1n) is 7.63. The molecule has 1 aromatic heterocycles. The number of anilines is 1. The summed E-state index contributed by atoms with van der Waals surface area (Å²) in [5.41, 5.74) is -0.0314. The van der Waals surface area contributed by atoms with Crippen LogP contribution in [0.2, 0.25) is 0 Å². The smallest absolute Gasteiger partial charge is 0.257 e. The minimum Gasteiger partial charge on any atom is -0.329 e. The van der Waals surface area contributed by atoms with Crippen LogP contribution in [0, 0.1) is 18.7 Å². The molecule has 0 aliphatic rings. The lowest BCUT2D eigenvalue weighted by atomic mass is 10.1. The van der Waals surface area contributed by atoms with Crippen LogP contribution in [-0.2, 0) is 4.79 Å². The van der Waals surface area contributed by atoms with Gasteiger partial charge in [-0.3, -0.25) is 9.59 Å². The third-order valence-electron chi connectivity index (χ3n) is 3.18. The second kappa shape index (κ2) is 8.01. The molecule has 128 valence electrons. The molecule has 0 aliphatic heterocycles. The van der Waals surface area contributed by atoms with Gasteiger partial charge in [0.05, 0.1) is 5.56 Å². The number of halogens is 1. The van der Waals surface area contributed by atoms with Crippen LogP contribution in [0.3, 0.4) is 0 Å². The van der Waals surface area contributed by atoms with Gasteiger partial charge in [0.25, 0.3) is 5.91 Å². The van der Waals surface area contributed by atoms with Gasteiger partial charge in [0.2, 0.25) is 5.91 Å². The fraction of sp³-hybridized carbons (Fsp3) is 0.353. The fourth-order valence-corrected chi connectivity index (χ4v) is 2.89. The van der Waals surface area contributed by atoms with Gasteiger partial charge in [0.15, 0.2) is 5.13 Å². The van der Waals surface area contributed by atoms with Crippen molar-refractivity contribution in [3.05, 3.63) is 46.7 Å². The summed E-state index contributed by atoms with van der Waals surface area (Å²) in [4.78, 5) is 31.2. The summed E-state index contributed by atoms with van der Waals surface area (Å²) < 4.78 is 13.9. The molecule has 5 nitrogen and oxygen atoms in total. The molecule has 0 saturated heterocycles. The lowest BCUT2D eigenvalue weighted by molar-refractivity contribution is -0.117. The van der Waals surface area contributed by atoms with Crippen molar-refractivity contribution in [3.8, 4) is 0 Å². The summed E-state index contributed by atoms with van der Waals surface area (Å²) in [6.07, 6.45) is 1.66. The second-order valence-electron chi connectivity index (χ2n) is 5.88. The molecule has 1 heterocycles. The van der Waals surface area contributed by atoms with Crippen molar-refractivity contribution in [2.24, 2.45) is 5.92 Å². The second-order valence-corrected chi connectivity index (χ2v) is 7.12. The predicted octanol–water partition coefficient (Wildman–Crippen LogP) is 3.33. The van der Waals surface area contributed by atoms with Crippen LogP contribution in [-0.4, -0.2) is 34.8 Å². The minimum atomic E-state index is -0.591. The van der Waals surface area contributed by atoms with Crippen molar-refractivity contribution in [1.29, 1.82) is 0 Å². The predicted molar refractivity (Wildman–Crippen MR) is 92.6 cm³/mol. The van der Waals surface area contributed by atoms with Crippen LogP contribution in [0.1, 0.15) is 29.1 Å². The summed E-state index contributed by atoms with van der Waals surface area (Å²) in [5, 5.41) is 3.15.